The fourth-order valence-electron chi connectivity index (χ4n) is 1.88. The Kier molecular flexibility index (Phi) is 11.8. The molecular weight excluding hydrogens is 338 g/mol. The first kappa shape index (κ1) is 25.0. The normalized spacial score (nSPS) is 14.1. The SMILES string of the molecule is C[N+](C)(C)CC(CC(=O)[O-])SN=O.C[N+](C)(C)CC(O)CC(=O)[O-]. The lowest BCUT2D eigenvalue weighted by Crippen LogP contribution is -2.43. The highest BCUT2D eigenvalue weighted by atomic mass is 32.2. The minimum Gasteiger partial charge on any atom is -0.550 e. The Labute approximate surface area is 147 Å². The smallest absolute Gasteiger partial charge is 0.108 e. The molecule has 0 radical (unpaired) electrons. The molecule has 0 fully saturated rings. The lowest BCUT2D eigenvalue weighted by atomic mass is 10.2. The molecule has 0 aliphatic rings. The van der Waals surface area contributed by atoms with Crippen LogP contribution in [0.25, 0.3) is 0 Å². The topological polar surface area (TPSA) is 130 Å². The van der Waals surface area contributed by atoms with Crippen molar-refractivity contribution in [2.45, 2.75) is 24.2 Å². The predicted octanol–water partition coefficient (Wildman–Crippen LogP) is -2.19. The summed E-state index contributed by atoms with van der Waals surface area (Å²) in [5, 5.41) is 29.1. The van der Waals surface area contributed by atoms with Gasteiger partial charge >= 0.3 is 0 Å². The summed E-state index contributed by atoms with van der Waals surface area (Å²) in [6, 6.07) is 0. The van der Waals surface area contributed by atoms with Crippen molar-refractivity contribution in [1.82, 2.24) is 0 Å². The van der Waals surface area contributed by atoms with Gasteiger partial charge in [-0.1, -0.05) is 0 Å². The number of carboxylic acids is 2. The number of carbonyl (C=O) groups is 2. The Balaban J connectivity index is 0. The maximum absolute atomic E-state index is 10.3. The largest absolute Gasteiger partial charge is 0.550 e. The predicted molar refractivity (Wildman–Crippen MR) is 88.2 cm³/mol. The van der Waals surface area contributed by atoms with Gasteiger partial charge in [-0.15, -0.1) is 4.91 Å². The van der Waals surface area contributed by atoms with E-state index in [9.17, 15) is 24.7 Å². The van der Waals surface area contributed by atoms with Crippen molar-refractivity contribution in [2.24, 2.45) is 4.58 Å². The van der Waals surface area contributed by atoms with Gasteiger partial charge in [0.2, 0.25) is 0 Å². The quantitative estimate of drug-likeness (QED) is 0.264. The number of rotatable bonds is 10. The van der Waals surface area contributed by atoms with Gasteiger partial charge in [-0.25, -0.2) is 0 Å². The van der Waals surface area contributed by atoms with E-state index in [2.05, 4.69) is 4.58 Å². The molecule has 0 aliphatic carbocycles. The second-order valence-electron chi connectivity index (χ2n) is 7.55. The van der Waals surface area contributed by atoms with E-state index in [0.717, 1.165) is 11.9 Å². The number of carboxylic acid groups (broad SMARTS) is 2. The molecular formula is C14H29N3O6S. The fraction of sp³-hybridized carbons (Fsp3) is 0.857. The average Bonchev–Trinajstić information content (AvgIpc) is 2.22. The van der Waals surface area contributed by atoms with Crippen LogP contribution in [0.5, 0.6) is 0 Å². The van der Waals surface area contributed by atoms with Crippen LogP contribution < -0.4 is 10.2 Å². The van der Waals surface area contributed by atoms with Crippen molar-refractivity contribution in [2.75, 3.05) is 55.4 Å². The van der Waals surface area contributed by atoms with Crippen LogP contribution >= 0.6 is 11.9 Å². The number of quaternary nitrogens is 2. The van der Waals surface area contributed by atoms with Crippen LogP contribution in [0.1, 0.15) is 12.8 Å². The van der Waals surface area contributed by atoms with E-state index in [-0.39, 0.29) is 18.1 Å². The van der Waals surface area contributed by atoms with Crippen LogP contribution in [0.2, 0.25) is 0 Å². The maximum Gasteiger partial charge on any atom is 0.108 e. The standard InChI is InChI=1S/C7H14N2O3S.C7H15NO3/c1-9(2,3)5-6(13-8-12)4-7(10)11;1-8(2,3)5-6(9)4-7(10)11/h6H,4-5H2,1-3H3;6,9H,4-5H2,1-3H3. The summed E-state index contributed by atoms with van der Waals surface area (Å²) in [6.07, 6.45) is -1.22. The number of aliphatic hydroxyl groups is 1. The van der Waals surface area contributed by atoms with Gasteiger partial charge in [0.1, 0.15) is 12.6 Å². The van der Waals surface area contributed by atoms with Gasteiger partial charge in [0, 0.05) is 41.3 Å². The van der Waals surface area contributed by atoms with Gasteiger partial charge in [-0.2, -0.15) is 0 Å². The Morgan fingerprint density at radius 2 is 1.38 bits per heavy atom. The van der Waals surface area contributed by atoms with Gasteiger partial charge in [-0.3, -0.25) is 0 Å². The zero-order chi connectivity index (χ0) is 19.6. The molecule has 142 valence electrons. The van der Waals surface area contributed by atoms with Gasteiger partial charge in [0.05, 0.1) is 54.1 Å². The number of hydrogen-bond donors (Lipinski definition) is 1. The number of likely N-dealkylation sites (N-methyl/N-ethyl adjacent to an activating group) is 1. The zero-order valence-corrected chi connectivity index (χ0v) is 16.0. The van der Waals surface area contributed by atoms with Crippen LogP contribution in [0.3, 0.4) is 0 Å². The first-order chi connectivity index (χ1) is 10.7. The van der Waals surface area contributed by atoms with Gasteiger partial charge in [0.25, 0.3) is 0 Å². The summed E-state index contributed by atoms with van der Waals surface area (Å²) in [5.74, 6) is -2.35. The highest BCUT2D eigenvalue weighted by Crippen LogP contribution is 2.17. The highest BCUT2D eigenvalue weighted by molar-refractivity contribution is 7.98. The lowest BCUT2D eigenvalue weighted by molar-refractivity contribution is -0.873. The molecule has 0 aromatic rings. The first-order valence-electron chi connectivity index (χ1n) is 7.33. The number of nitrogens with zero attached hydrogens (tertiary/aromatic N) is 3. The van der Waals surface area contributed by atoms with Crippen LogP contribution in [0, 0.1) is 4.91 Å². The van der Waals surface area contributed by atoms with Gasteiger partial charge < -0.3 is 33.9 Å². The number of carbonyl (C=O) groups excluding carboxylic acids is 2. The third kappa shape index (κ3) is 20.8. The molecule has 2 atom stereocenters. The van der Waals surface area contributed by atoms with Crippen molar-refractivity contribution >= 4 is 23.9 Å². The minimum absolute atomic E-state index is 0.133. The summed E-state index contributed by atoms with van der Waals surface area (Å²) >= 11 is 0.765. The molecule has 1 N–H and O–H groups in total. The molecule has 24 heavy (non-hydrogen) atoms. The summed E-state index contributed by atoms with van der Waals surface area (Å²) in [6.45, 7) is 0.998. The van der Waals surface area contributed by atoms with Gasteiger partial charge in [-0.05, 0) is 0 Å². The second-order valence-corrected chi connectivity index (χ2v) is 8.58. The second kappa shape index (κ2) is 11.3. The van der Waals surface area contributed by atoms with Crippen molar-refractivity contribution in [1.29, 1.82) is 0 Å². The van der Waals surface area contributed by atoms with E-state index in [1.165, 1.54) is 0 Å². The van der Waals surface area contributed by atoms with Gasteiger partial charge in [0.15, 0.2) is 0 Å². The van der Waals surface area contributed by atoms with Crippen LogP contribution in [-0.2, 0) is 9.59 Å². The lowest BCUT2D eigenvalue weighted by Gasteiger charge is -2.27. The molecule has 0 aromatic carbocycles. The molecule has 0 saturated carbocycles. The number of nitroso groups, excluding NO2 is 1. The zero-order valence-electron chi connectivity index (χ0n) is 15.2. The summed E-state index contributed by atoms with van der Waals surface area (Å²) < 4.78 is 3.79. The third-order valence-corrected chi connectivity index (χ3v) is 3.20. The fourth-order valence-corrected chi connectivity index (χ4v) is 2.73. The van der Waals surface area contributed by atoms with Crippen LogP contribution in [0.4, 0.5) is 0 Å². The van der Waals surface area contributed by atoms with Crippen LogP contribution in [0.15, 0.2) is 4.58 Å². The molecule has 10 heteroatoms. The molecule has 0 heterocycles. The third-order valence-electron chi connectivity index (χ3n) is 2.50. The van der Waals surface area contributed by atoms with E-state index in [1.807, 2.05) is 42.3 Å². The molecule has 0 aromatic heterocycles. The average molecular weight is 367 g/mol. The van der Waals surface area contributed by atoms with E-state index < -0.39 is 18.0 Å². The first-order valence-corrected chi connectivity index (χ1v) is 8.17. The van der Waals surface area contributed by atoms with E-state index >= 15 is 0 Å². The number of aliphatic carboxylic acids is 2. The van der Waals surface area contributed by atoms with E-state index in [0.29, 0.717) is 22.1 Å². The molecule has 0 spiro atoms. The van der Waals surface area contributed by atoms with Crippen molar-refractivity contribution in [3.8, 4) is 0 Å². The Morgan fingerprint density at radius 3 is 1.67 bits per heavy atom. The van der Waals surface area contributed by atoms with Crippen molar-refractivity contribution in [3.63, 3.8) is 0 Å². The Morgan fingerprint density at radius 1 is 0.958 bits per heavy atom. The molecule has 0 amide bonds. The summed E-state index contributed by atoms with van der Waals surface area (Å²) in [7, 11) is 11.4. The highest BCUT2D eigenvalue weighted by Gasteiger charge is 2.19. The molecule has 0 rings (SSSR count). The Hall–Kier alpha value is -1.23. The number of aliphatic hydroxyl groups excluding tert-OH is 1. The van der Waals surface area contributed by atoms with Crippen LogP contribution in [-0.4, -0.2) is 92.7 Å². The molecule has 0 saturated heterocycles. The summed E-state index contributed by atoms with van der Waals surface area (Å²) in [4.78, 5) is 30.3. The molecule has 0 aliphatic heterocycles. The van der Waals surface area contributed by atoms with Crippen molar-refractivity contribution < 1.29 is 33.9 Å². The van der Waals surface area contributed by atoms with E-state index in [1.54, 1.807) is 0 Å². The summed E-state index contributed by atoms with van der Waals surface area (Å²) in [5.41, 5.74) is 0. The molecule has 2 unspecified atom stereocenters. The monoisotopic (exact) mass is 367 g/mol. The van der Waals surface area contributed by atoms with Crippen molar-refractivity contribution in [3.05, 3.63) is 4.91 Å². The minimum atomic E-state index is -1.20. The molecule has 9 nitrogen and oxygen atoms in total. The molecule has 0 bridgehead atoms. The number of hydrogen-bond acceptors (Lipinski definition) is 8. The Bertz CT molecular complexity index is 406. The van der Waals surface area contributed by atoms with E-state index in [4.69, 9.17) is 5.11 Å². The maximum atomic E-state index is 10.3.